The normalized spacial score (nSPS) is 10.3. The van der Waals surface area contributed by atoms with Crippen molar-refractivity contribution in [2.45, 2.75) is 13.5 Å². The molecule has 0 spiro atoms. The fraction of sp³-hybridized carbons (Fsp3) is 0.231. The lowest BCUT2D eigenvalue weighted by Gasteiger charge is -2.07. The van der Waals surface area contributed by atoms with Crippen LogP contribution in [0, 0.1) is 0 Å². The molecule has 0 unspecified atom stereocenters. The van der Waals surface area contributed by atoms with Crippen LogP contribution in [0.5, 0.6) is 5.75 Å². The van der Waals surface area contributed by atoms with Gasteiger partial charge in [-0.2, -0.15) is 0 Å². The van der Waals surface area contributed by atoms with Gasteiger partial charge in [0, 0.05) is 24.5 Å². The predicted octanol–water partition coefficient (Wildman–Crippen LogP) is 1.72. The molecule has 2 N–H and O–H groups in total. The molecule has 0 radical (unpaired) electrons. The standard InChI is InChI=1S/C13H15N3O2/c1-3-16-7-6-15-13(16)12(17)9-4-5-11(18-2)10(14)8-9/h4-8H,3,14H2,1-2H3. The summed E-state index contributed by atoms with van der Waals surface area (Å²) in [6.45, 7) is 2.66. The summed E-state index contributed by atoms with van der Waals surface area (Å²) in [7, 11) is 1.54. The van der Waals surface area contributed by atoms with Gasteiger partial charge < -0.3 is 15.0 Å². The molecule has 0 aliphatic rings. The summed E-state index contributed by atoms with van der Waals surface area (Å²) in [5, 5.41) is 0. The quantitative estimate of drug-likeness (QED) is 0.657. The van der Waals surface area contributed by atoms with Gasteiger partial charge in [-0.05, 0) is 25.1 Å². The molecule has 0 fully saturated rings. The summed E-state index contributed by atoms with van der Waals surface area (Å²) in [5.74, 6) is 0.837. The maximum atomic E-state index is 12.3. The molecule has 5 heteroatoms. The molecule has 1 aromatic heterocycles. The van der Waals surface area contributed by atoms with E-state index in [2.05, 4.69) is 4.98 Å². The van der Waals surface area contributed by atoms with Gasteiger partial charge in [-0.3, -0.25) is 4.79 Å². The summed E-state index contributed by atoms with van der Waals surface area (Å²) in [4.78, 5) is 16.3. The number of carbonyl (C=O) groups excluding carboxylic acids is 1. The van der Waals surface area contributed by atoms with E-state index >= 15 is 0 Å². The number of anilines is 1. The molecule has 2 aromatic rings. The molecule has 1 aromatic carbocycles. The Kier molecular flexibility index (Phi) is 3.32. The van der Waals surface area contributed by atoms with Gasteiger partial charge in [0.1, 0.15) is 5.75 Å². The number of hydrogen-bond acceptors (Lipinski definition) is 4. The molecular formula is C13H15N3O2. The lowest BCUT2D eigenvalue weighted by Crippen LogP contribution is -2.11. The highest BCUT2D eigenvalue weighted by molar-refractivity contribution is 6.07. The van der Waals surface area contributed by atoms with Crippen molar-refractivity contribution in [1.82, 2.24) is 9.55 Å². The van der Waals surface area contributed by atoms with Gasteiger partial charge in [-0.1, -0.05) is 0 Å². The molecule has 0 bridgehead atoms. The van der Waals surface area contributed by atoms with E-state index < -0.39 is 0 Å². The first-order valence-electron chi connectivity index (χ1n) is 5.66. The van der Waals surface area contributed by atoms with E-state index in [1.807, 2.05) is 6.92 Å². The topological polar surface area (TPSA) is 70.1 Å². The van der Waals surface area contributed by atoms with E-state index in [0.29, 0.717) is 29.4 Å². The van der Waals surface area contributed by atoms with Crippen LogP contribution in [0.1, 0.15) is 23.1 Å². The Labute approximate surface area is 105 Å². The third-order valence-corrected chi connectivity index (χ3v) is 2.75. The van der Waals surface area contributed by atoms with Crippen LogP contribution in [-0.4, -0.2) is 22.4 Å². The first kappa shape index (κ1) is 12.2. The van der Waals surface area contributed by atoms with Crippen LogP contribution in [0.15, 0.2) is 30.6 Å². The summed E-state index contributed by atoms with van der Waals surface area (Å²) in [5.41, 5.74) is 6.74. The highest BCUT2D eigenvalue weighted by atomic mass is 16.5. The zero-order valence-corrected chi connectivity index (χ0v) is 10.4. The van der Waals surface area contributed by atoms with Gasteiger partial charge in [-0.15, -0.1) is 0 Å². The molecule has 0 atom stereocenters. The van der Waals surface area contributed by atoms with Gasteiger partial charge in [0.15, 0.2) is 5.82 Å². The zero-order valence-electron chi connectivity index (χ0n) is 10.4. The number of aromatic nitrogens is 2. The Hall–Kier alpha value is -2.30. The van der Waals surface area contributed by atoms with E-state index in [1.165, 1.54) is 7.11 Å². The van der Waals surface area contributed by atoms with Crippen molar-refractivity contribution < 1.29 is 9.53 Å². The third kappa shape index (κ3) is 2.07. The van der Waals surface area contributed by atoms with Crippen LogP contribution >= 0.6 is 0 Å². The number of ketones is 1. The number of rotatable bonds is 4. The summed E-state index contributed by atoms with van der Waals surface area (Å²) < 4.78 is 6.85. The van der Waals surface area contributed by atoms with Crippen molar-refractivity contribution in [1.29, 1.82) is 0 Å². The second-order valence-corrected chi connectivity index (χ2v) is 3.82. The van der Waals surface area contributed by atoms with Crippen LogP contribution in [-0.2, 0) is 6.54 Å². The van der Waals surface area contributed by atoms with Crippen LogP contribution in [0.4, 0.5) is 5.69 Å². The molecule has 1 heterocycles. The third-order valence-electron chi connectivity index (χ3n) is 2.75. The van der Waals surface area contributed by atoms with Crippen LogP contribution in [0.25, 0.3) is 0 Å². The molecule has 2 rings (SSSR count). The Bertz CT molecular complexity index is 575. The predicted molar refractivity (Wildman–Crippen MR) is 68.7 cm³/mol. The molecular weight excluding hydrogens is 230 g/mol. The van der Waals surface area contributed by atoms with Crippen molar-refractivity contribution in [3.05, 3.63) is 42.0 Å². The number of imidazole rings is 1. The fourth-order valence-corrected chi connectivity index (χ4v) is 1.78. The lowest BCUT2D eigenvalue weighted by atomic mass is 10.1. The first-order chi connectivity index (χ1) is 8.67. The first-order valence-corrected chi connectivity index (χ1v) is 5.66. The number of methoxy groups -OCH3 is 1. The van der Waals surface area contributed by atoms with Crippen molar-refractivity contribution in [2.75, 3.05) is 12.8 Å². The van der Waals surface area contributed by atoms with Crippen molar-refractivity contribution in [3.8, 4) is 5.75 Å². The molecule has 0 saturated heterocycles. The Morgan fingerprint density at radius 2 is 2.28 bits per heavy atom. The monoisotopic (exact) mass is 245 g/mol. The summed E-state index contributed by atoms with van der Waals surface area (Å²) in [6.07, 6.45) is 3.39. The number of benzene rings is 1. The maximum Gasteiger partial charge on any atom is 0.228 e. The Balaban J connectivity index is 2.37. The van der Waals surface area contributed by atoms with Gasteiger partial charge in [0.25, 0.3) is 0 Å². The van der Waals surface area contributed by atoms with E-state index in [4.69, 9.17) is 10.5 Å². The molecule has 0 aliphatic heterocycles. The minimum absolute atomic E-state index is 0.142. The van der Waals surface area contributed by atoms with Crippen molar-refractivity contribution in [3.63, 3.8) is 0 Å². The Morgan fingerprint density at radius 1 is 1.50 bits per heavy atom. The lowest BCUT2D eigenvalue weighted by molar-refractivity contribution is 0.102. The van der Waals surface area contributed by atoms with Gasteiger partial charge in [0.2, 0.25) is 5.78 Å². The molecule has 0 aliphatic carbocycles. The number of ether oxygens (including phenoxy) is 1. The summed E-state index contributed by atoms with van der Waals surface area (Å²) in [6, 6.07) is 4.98. The zero-order chi connectivity index (χ0) is 13.1. The van der Waals surface area contributed by atoms with E-state index in [-0.39, 0.29) is 5.78 Å². The Morgan fingerprint density at radius 3 is 2.89 bits per heavy atom. The molecule has 94 valence electrons. The minimum Gasteiger partial charge on any atom is -0.495 e. The fourth-order valence-electron chi connectivity index (χ4n) is 1.78. The molecule has 0 amide bonds. The van der Waals surface area contributed by atoms with E-state index in [9.17, 15) is 4.79 Å². The number of nitrogens with two attached hydrogens (primary N) is 1. The minimum atomic E-state index is -0.142. The van der Waals surface area contributed by atoms with Gasteiger partial charge in [-0.25, -0.2) is 4.98 Å². The van der Waals surface area contributed by atoms with Crippen molar-refractivity contribution in [2.24, 2.45) is 0 Å². The average molecular weight is 245 g/mol. The number of aryl methyl sites for hydroxylation is 1. The van der Waals surface area contributed by atoms with Crippen LogP contribution in [0.3, 0.4) is 0 Å². The SMILES string of the molecule is CCn1ccnc1C(=O)c1ccc(OC)c(N)c1. The van der Waals surface area contributed by atoms with Crippen LogP contribution < -0.4 is 10.5 Å². The highest BCUT2D eigenvalue weighted by Crippen LogP contribution is 2.23. The van der Waals surface area contributed by atoms with E-state index in [0.717, 1.165) is 0 Å². The summed E-state index contributed by atoms with van der Waals surface area (Å²) >= 11 is 0. The van der Waals surface area contributed by atoms with Crippen molar-refractivity contribution >= 4 is 11.5 Å². The van der Waals surface area contributed by atoms with Gasteiger partial charge in [0.05, 0.1) is 12.8 Å². The molecule has 5 nitrogen and oxygen atoms in total. The number of hydrogen-bond donors (Lipinski definition) is 1. The average Bonchev–Trinajstić information content (AvgIpc) is 2.86. The second-order valence-electron chi connectivity index (χ2n) is 3.82. The molecule has 18 heavy (non-hydrogen) atoms. The number of carbonyl (C=O) groups is 1. The second kappa shape index (κ2) is 4.91. The maximum absolute atomic E-state index is 12.3. The van der Waals surface area contributed by atoms with Gasteiger partial charge >= 0.3 is 0 Å². The largest absolute Gasteiger partial charge is 0.495 e. The number of nitrogen functional groups attached to an aromatic ring is 1. The molecule has 0 saturated carbocycles. The van der Waals surface area contributed by atoms with Crippen LogP contribution in [0.2, 0.25) is 0 Å². The van der Waals surface area contributed by atoms with E-state index in [1.54, 1.807) is 35.2 Å². The highest BCUT2D eigenvalue weighted by Gasteiger charge is 2.15. The smallest absolute Gasteiger partial charge is 0.228 e. The number of nitrogens with zero attached hydrogens (tertiary/aromatic N) is 2.